The third kappa shape index (κ3) is 1.36. The first-order valence-corrected chi connectivity index (χ1v) is 8.40. The standard InChI is InChI=1S/C20H15NS/c1-20(2)13-7-4-10-16-18(13)17-12(6-3-9-15(17)22-16)19-14(20)8-5-11-21-19/h3-11H,1-2H3. The molecule has 0 aliphatic heterocycles. The molecule has 0 unspecified atom stereocenters. The number of thiophene rings is 1. The molecule has 106 valence electrons. The summed E-state index contributed by atoms with van der Waals surface area (Å²) in [4.78, 5) is 4.75. The summed E-state index contributed by atoms with van der Waals surface area (Å²) in [5.74, 6) is 0. The average molecular weight is 301 g/mol. The van der Waals surface area contributed by atoms with Crippen LogP contribution in [0.3, 0.4) is 0 Å². The van der Waals surface area contributed by atoms with Crippen molar-refractivity contribution in [3.8, 4) is 11.3 Å². The van der Waals surface area contributed by atoms with Gasteiger partial charge in [0.05, 0.1) is 5.69 Å². The first-order chi connectivity index (χ1) is 10.7. The average Bonchev–Trinajstić information content (AvgIpc) is 2.89. The molecule has 4 aromatic rings. The van der Waals surface area contributed by atoms with E-state index in [0.29, 0.717) is 0 Å². The minimum absolute atomic E-state index is 0.0455. The molecule has 22 heavy (non-hydrogen) atoms. The van der Waals surface area contributed by atoms with E-state index < -0.39 is 0 Å². The minimum atomic E-state index is -0.0455. The highest BCUT2D eigenvalue weighted by atomic mass is 32.1. The smallest absolute Gasteiger partial charge is 0.0749 e. The van der Waals surface area contributed by atoms with Crippen LogP contribution in [-0.2, 0) is 5.41 Å². The highest BCUT2D eigenvalue weighted by Gasteiger charge is 2.33. The van der Waals surface area contributed by atoms with Crippen LogP contribution in [-0.4, -0.2) is 4.98 Å². The molecule has 0 saturated heterocycles. The fourth-order valence-corrected chi connectivity index (χ4v) is 5.01. The van der Waals surface area contributed by atoms with E-state index >= 15 is 0 Å². The van der Waals surface area contributed by atoms with Crippen LogP contribution in [0.25, 0.3) is 31.4 Å². The topological polar surface area (TPSA) is 12.9 Å². The van der Waals surface area contributed by atoms with Crippen molar-refractivity contribution in [3.63, 3.8) is 0 Å². The van der Waals surface area contributed by atoms with Gasteiger partial charge in [0, 0.05) is 37.3 Å². The van der Waals surface area contributed by atoms with E-state index in [2.05, 4.69) is 62.4 Å². The Morgan fingerprint density at radius 2 is 1.55 bits per heavy atom. The Morgan fingerprint density at radius 1 is 0.818 bits per heavy atom. The summed E-state index contributed by atoms with van der Waals surface area (Å²) >= 11 is 1.89. The molecule has 0 saturated carbocycles. The van der Waals surface area contributed by atoms with Crippen molar-refractivity contribution in [3.05, 3.63) is 65.9 Å². The third-order valence-corrected chi connectivity index (χ3v) is 6.05. The molecule has 0 atom stereocenters. The Hall–Kier alpha value is -2.19. The first kappa shape index (κ1) is 12.4. The Morgan fingerprint density at radius 3 is 2.41 bits per heavy atom. The van der Waals surface area contributed by atoms with Crippen LogP contribution in [0.5, 0.6) is 0 Å². The minimum Gasteiger partial charge on any atom is -0.256 e. The molecule has 0 bridgehead atoms. The predicted octanol–water partition coefficient (Wildman–Crippen LogP) is 5.76. The van der Waals surface area contributed by atoms with Gasteiger partial charge in [0.25, 0.3) is 0 Å². The monoisotopic (exact) mass is 301 g/mol. The summed E-state index contributed by atoms with van der Waals surface area (Å²) in [5, 5.41) is 2.80. The normalized spacial score (nSPS) is 15.2. The largest absolute Gasteiger partial charge is 0.256 e. The van der Waals surface area contributed by atoms with Gasteiger partial charge < -0.3 is 0 Å². The van der Waals surface area contributed by atoms with E-state index in [1.54, 1.807) is 0 Å². The van der Waals surface area contributed by atoms with Gasteiger partial charge in [-0.25, -0.2) is 0 Å². The lowest BCUT2D eigenvalue weighted by Crippen LogP contribution is -2.19. The van der Waals surface area contributed by atoms with Crippen molar-refractivity contribution in [2.24, 2.45) is 0 Å². The predicted molar refractivity (Wildman–Crippen MR) is 94.7 cm³/mol. The molecule has 2 aromatic heterocycles. The van der Waals surface area contributed by atoms with Gasteiger partial charge in [-0.2, -0.15) is 0 Å². The molecule has 0 fully saturated rings. The molecule has 0 amide bonds. The Labute approximate surface area is 133 Å². The van der Waals surface area contributed by atoms with Gasteiger partial charge in [-0.1, -0.05) is 44.2 Å². The van der Waals surface area contributed by atoms with Gasteiger partial charge in [-0.15, -0.1) is 11.3 Å². The summed E-state index contributed by atoms with van der Waals surface area (Å²) in [6.07, 6.45) is 1.91. The number of fused-ring (bicyclic) bond motifs is 2. The molecule has 0 spiro atoms. The lowest BCUT2D eigenvalue weighted by atomic mass is 9.77. The number of rotatable bonds is 0. The van der Waals surface area contributed by atoms with E-state index in [0.717, 1.165) is 5.69 Å². The Bertz CT molecular complexity index is 1060. The van der Waals surface area contributed by atoms with Crippen LogP contribution in [0.15, 0.2) is 54.7 Å². The zero-order valence-corrected chi connectivity index (χ0v) is 13.4. The first-order valence-electron chi connectivity index (χ1n) is 7.58. The second-order valence-electron chi connectivity index (χ2n) is 6.48. The van der Waals surface area contributed by atoms with E-state index in [1.165, 1.54) is 36.9 Å². The van der Waals surface area contributed by atoms with Crippen molar-refractivity contribution < 1.29 is 0 Å². The second-order valence-corrected chi connectivity index (χ2v) is 7.57. The van der Waals surface area contributed by atoms with Gasteiger partial charge in [-0.05, 0) is 29.3 Å². The maximum atomic E-state index is 4.75. The second kappa shape index (κ2) is 3.96. The van der Waals surface area contributed by atoms with E-state index in [9.17, 15) is 0 Å². The van der Waals surface area contributed by atoms with E-state index in [-0.39, 0.29) is 5.41 Å². The molecule has 5 rings (SSSR count). The highest BCUT2D eigenvalue weighted by molar-refractivity contribution is 7.26. The van der Waals surface area contributed by atoms with Crippen LogP contribution in [0.4, 0.5) is 0 Å². The van der Waals surface area contributed by atoms with Gasteiger partial charge in [-0.3, -0.25) is 4.98 Å². The van der Waals surface area contributed by atoms with Gasteiger partial charge in [0.15, 0.2) is 0 Å². The lowest BCUT2D eigenvalue weighted by Gasteiger charge is -2.27. The molecule has 0 radical (unpaired) electrons. The van der Waals surface area contributed by atoms with Crippen molar-refractivity contribution in [2.75, 3.05) is 0 Å². The van der Waals surface area contributed by atoms with Gasteiger partial charge in [0.2, 0.25) is 0 Å². The lowest BCUT2D eigenvalue weighted by molar-refractivity contribution is 0.647. The van der Waals surface area contributed by atoms with Crippen molar-refractivity contribution in [1.82, 2.24) is 4.98 Å². The SMILES string of the molecule is CC1(C)c2cccnc2-c2cccc3sc4cccc1c4c23. The fourth-order valence-electron chi connectivity index (χ4n) is 3.85. The number of hydrogen-bond donors (Lipinski definition) is 0. The summed E-state index contributed by atoms with van der Waals surface area (Å²) in [6, 6.07) is 17.6. The summed E-state index contributed by atoms with van der Waals surface area (Å²) in [5.41, 5.74) is 5.09. The number of hydrogen-bond acceptors (Lipinski definition) is 2. The number of benzene rings is 2. The highest BCUT2D eigenvalue weighted by Crippen LogP contribution is 2.50. The van der Waals surface area contributed by atoms with Crippen LogP contribution in [0, 0.1) is 0 Å². The summed E-state index contributed by atoms with van der Waals surface area (Å²) < 4.78 is 2.73. The molecule has 0 N–H and O–H groups in total. The molecule has 1 aliphatic rings. The molecule has 2 heterocycles. The van der Waals surface area contributed by atoms with E-state index in [4.69, 9.17) is 4.98 Å². The number of nitrogens with zero attached hydrogens (tertiary/aromatic N) is 1. The molecule has 2 heteroatoms. The molecule has 1 nitrogen and oxygen atoms in total. The maximum absolute atomic E-state index is 4.75. The van der Waals surface area contributed by atoms with Crippen LogP contribution in [0.2, 0.25) is 0 Å². The summed E-state index contributed by atoms with van der Waals surface area (Å²) in [6.45, 7) is 4.63. The maximum Gasteiger partial charge on any atom is 0.0749 e. The Balaban J connectivity index is 2.15. The molecule has 2 aromatic carbocycles. The molecule has 1 aliphatic carbocycles. The van der Waals surface area contributed by atoms with Crippen molar-refractivity contribution in [2.45, 2.75) is 19.3 Å². The third-order valence-electron chi connectivity index (χ3n) is 4.93. The molecular formula is C20H15NS. The Kier molecular flexibility index (Phi) is 2.23. The zero-order chi connectivity index (χ0) is 14.9. The number of pyridine rings is 1. The fraction of sp³-hybridized carbons (Fsp3) is 0.150. The van der Waals surface area contributed by atoms with Crippen LogP contribution < -0.4 is 0 Å². The van der Waals surface area contributed by atoms with Gasteiger partial charge in [0.1, 0.15) is 0 Å². The summed E-state index contributed by atoms with van der Waals surface area (Å²) in [7, 11) is 0. The van der Waals surface area contributed by atoms with Crippen LogP contribution in [0.1, 0.15) is 25.0 Å². The van der Waals surface area contributed by atoms with Crippen LogP contribution >= 0.6 is 11.3 Å². The van der Waals surface area contributed by atoms with Gasteiger partial charge >= 0.3 is 0 Å². The van der Waals surface area contributed by atoms with Crippen molar-refractivity contribution in [1.29, 1.82) is 0 Å². The quantitative estimate of drug-likeness (QED) is 0.402. The van der Waals surface area contributed by atoms with Crippen molar-refractivity contribution >= 4 is 31.5 Å². The number of aromatic nitrogens is 1. The molecular weight excluding hydrogens is 286 g/mol. The zero-order valence-electron chi connectivity index (χ0n) is 12.6. The van der Waals surface area contributed by atoms with E-state index in [1.807, 2.05) is 17.5 Å².